The average molecular weight is 356 g/mol. The summed E-state index contributed by atoms with van der Waals surface area (Å²) in [4.78, 5) is 0. The van der Waals surface area contributed by atoms with Gasteiger partial charge < -0.3 is 22.0 Å². The molecule has 0 aliphatic heterocycles. The molecule has 1 N–H and O–H groups in total. The molecule has 2 atom stereocenters. The van der Waals surface area contributed by atoms with E-state index in [4.69, 9.17) is 11.6 Å². The van der Waals surface area contributed by atoms with Crippen LogP contribution in [0.3, 0.4) is 0 Å². The summed E-state index contributed by atoms with van der Waals surface area (Å²) in [5.74, 6) is 0.353. The van der Waals surface area contributed by atoms with Crippen LogP contribution in [-0.2, 0) is 0 Å². The first-order chi connectivity index (χ1) is 10.1. The molecule has 0 saturated carbocycles. The van der Waals surface area contributed by atoms with Gasteiger partial charge in [0.05, 0.1) is 26.0 Å². The predicted octanol–water partition coefficient (Wildman–Crippen LogP) is 1.98. The number of aliphatic hydroxyl groups is 1. The Bertz CT molecular complexity index is 229. The van der Waals surface area contributed by atoms with E-state index < -0.39 is 0 Å². The molecule has 0 aromatic carbocycles. The Kier molecular flexibility index (Phi) is 18.4. The fourth-order valence-corrected chi connectivity index (χ4v) is 3.01. The Hall–Kier alpha value is 0.500. The summed E-state index contributed by atoms with van der Waals surface area (Å²) in [6.45, 7) is 7.51. The Balaban J connectivity index is 0. The molecular weight excluding hydrogens is 317 g/mol. The highest BCUT2D eigenvalue weighted by Crippen LogP contribution is 2.13. The summed E-state index contributed by atoms with van der Waals surface area (Å²) in [7, 11) is 2.24. The lowest BCUT2D eigenvalue weighted by Gasteiger charge is -2.35. The molecule has 0 bridgehead atoms. The molecule has 0 aromatic rings. The highest BCUT2D eigenvalue weighted by molar-refractivity contribution is 6.18. The molecular formula is C18H39Cl2NO. The van der Waals surface area contributed by atoms with E-state index in [2.05, 4.69) is 20.9 Å². The van der Waals surface area contributed by atoms with Crippen molar-refractivity contribution in [3.63, 3.8) is 0 Å². The molecule has 4 heteroatoms. The second kappa shape index (κ2) is 16.4. The lowest BCUT2D eigenvalue weighted by atomic mass is 10.1. The monoisotopic (exact) mass is 355 g/mol. The van der Waals surface area contributed by atoms with Gasteiger partial charge in [-0.15, -0.1) is 11.6 Å². The number of aliphatic hydroxyl groups excluding tert-OH is 1. The smallest absolute Gasteiger partial charge is 0.116 e. The summed E-state index contributed by atoms with van der Waals surface area (Å²) < 4.78 is 0.949. The van der Waals surface area contributed by atoms with Gasteiger partial charge >= 0.3 is 0 Å². The first-order valence-electron chi connectivity index (χ1n) is 9.15. The largest absolute Gasteiger partial charge is 1.00 e. The molecule has 2 nitrogen and oxygen atoms in total. The maximum Gasteiger partial charge on any atom is 0.116 e. The van der Waals surface area contributed by atoms with Crippen LogP contribution in [0, 0.1) is 0 Å². The maximum atomic E-state index is 9.74. The van der Waals surface area contributed by atoms with E-state index >= 15 is 0 Å². The van der Waals surface area contributed by atoms with Crippen LogP contribution in [0.2, 0.25) is 0 Å². The molecule has 136 valence electrons. The number of hydrogen-bond donors (Lipinski definition) is 1. The molecule has 0 rings (SSSR count). The normalized spacial score (nSPS) is 15.1. The minimum Gasteiger partial charge on any atom is -1.00 e. The van der Waals surface area contributed by atoms with E-state index in [0.29, 0.717) is 5.88 Å². The number of hydrogen-bond acceptors (Lipinski definition) is 1. The van der Waals surface area contributed by atoms with Gasteiger partial charge in [0, 0.05) is 0 Å². The van der Waals surface area contributed by atoms with E-state index in [9.17, 15) is 5.11 Å². The van der Waals surface area contributed by atoms with Gasteiger partial charge in [0.2, 0.25) is 0 Å². The minimum absolute atomic E-state index is 0. The molecule has 2 unspecified atom stereocenters. The number of unbranched alkanes of at least 4 members (excludes halogenated alkanes) is 9. The van der Waals surface area contributed by atoms with Crippen LogP contribution in [0.1, 0.15) is 78.1 Å². The van der Waals surface area contributed by atoms with Gasteiger partial charge in [-0.25, -0.2) is 0 Å². The zero-order chi connectivity index (χ0) is 16.0. The van der Waals surface area contributed by atoms with Crippen LogP contribution < -0.4 is 12.4 Å². The second-order valence-electron chi connectivity index (χ2n) is 6.83. The van der Waals surface area contributed by atoms with E-state index in [1.165, 1.54) is 70.8 Å². The minimum atomic E-state index is -0.361. The third kappa shape index (κ3) is 14.1. The van der Waals surface area contributed by atoms with Crippen molar-refractivity contribution in [2.75, 3.05) is 32.6 Å². The van der Waals surface area contributed by atoms with Gasteiger partial charge in [0.25, 0.3) is 0 Å². The van der Waals surface area contributed by atoms with Gasteiger partial charge in [-0.2, -0.15) is 0 Å². The number of halogens is 2. The summed E-state index contributed by atoms with van der Waals surface area (Å²) >= 11 is 5.72. The standard InChI is InChI=1S/C18H39ClNO.ClH/c1-4-6-7-8-9-10-11-12-13-14-15-20(3,5-2)17-18(21)16-19;/h18,21H,4-17H2,1-3H3;1H/q+1;/p-1. The third-order valence-corrected chi connectivity index (χ3v) is 5.00. The zero-order valence-electron chi connectivity index (χ0n) is 15.1. The molecule has 0 amide bonds. The van der Waals surface area contributed by atoms with Gasteiger partial charge in [0.1, 0.15) is 12.6 Å². The van der Waals surface area contributed by atoms with Crippen molar-refractivity contribution in [3.05, 3.63) is 0 Å². The van der Waals surface area contributed by atoms with E-state index in [1.54, 1.807) is 0 Å². The van der Waals surface area contributed by atoms with Gasteiger partial charge in [-0.05, 0) is 19.8 Å². The summed E-state index contributed by atoms with van der Waals surface area (Å²) in [5.41, 5.74) is 0. The fraction of sp³-hybridized carbons (Fsp3) is 1.00. The van der Waals surface area contributed by atoms with Gasteiger partial charge in [-0.1, -0.05) is 58.3 Å². The molecule has 0 heterocycles. The zero-order valence-corrected chi connectivity index (χ0v) is 16.6. The van der Waals surface area contributed by atoms with Crippen molar-refractivity contribution in [2.24, 2.45) is 0 Å². The van der Waals surface area contributed by atoms with Crippen LogP contribution in [0.25, 0.3) is 0 Å². The van der Waals surface area contributed by atoms with Crippen LogP contribution in [0.4, 0.5) is 0 Å². The topological polar surface area (TPSA) is 20.2 Å². The highest BCUT2D eigenvalue weighted by atomic mass is 35.5. The third-order valence-electron chi connectivity index (χ3n) is 4.64. The first kappa shape index (κ1) is 24.7. The van der Waals surface area contributed by atoms with Crippen molar-refractivity contribution in [3.8, 4) is 0 Å². The summed E-state index contributed by atoms with van der Waals surface area (Å²) in [6, 6.07) is 0. The molecule has 0 radical (unpaired) electrons. The number of rotatable bonds is 15. The Morgan fingerprint density at radius 3 is 1.73 bits per heavy atom. The molecule has 0 aliphatic carbocycles. The average Bonchev–Trinajstić information content (AvgIpc) is 2.49. The molecule has 0 fully saturated rings. The lowest BCUT2D eigenvalue weighted by molar-refractivity contribution is -0.910. The van der Waals surface area contributed by atoms with Crippen LogP contribution >= 0.6 is 11.6 Å². The quantitative estimate of drug-likeness (QED) is 0.270. The van der Waals surface area contributed by atoms with E-state index in [1.807, 2.05) is 0 Å². The molecule has 0 aliphatic rings. The molecule has 0 spiro atoms. The fourth-order valence-electron chi connectivity index (χ4n) is 2.92. The number of nitrogens with zero attached hydrogens (tertiary/aromatic N) is 1. The maximum absolute atomic E-state index is 9.74. The Morgan fingerprint density at radius 2 is 1.32 bits per heavy atom. The van der Waals surface area contributed by atoms with Crippen molar-refractivity contribution in [1.82, 2.24) is 0 Å². The SMILES string of the molecule is CCCCCCCCCCCC[N+](C)(CC)CC(O)CCl.[Cl-]. The van der Waals surface area contributed by atoms with Gasteiger partial charge in [0.15, 0.2) is 0 Å². The van der Waals surface area contributed by atoms with Crippen LogP contribution in [0.15, 0.2) is 0 Å². The highest BCUT2D eigenvalue weighted by Gasteiger charge is 2.22. The number of quaternary nitrogens is 1. The molecule has 0 saturated heterocycles. The second-order valence-corrected chi connectivity index (χ2v) is 7.14. The van der Waals surface area contributed by atoms with Crippen LogP contribution in [0.5, 0.6) is 0 Å². The number of likely N-dealkylation sites (N-methyl/N-ethyl adjacent to an activating group) is 1. The van der Waals surface area contributed by atoms with Crippen molar-refractivity contribution in [2.45, 2.75) is 84.2 Å². The lowest BCUT2D eigenvalue weighted by Crippen LogP contribution is -3.00. The van der Waals surface area contributed by atoms with Crippen molar-refractivity contribution >= 4 is 11.6 Å². The summed E-state index contributed by atoms with van der Waals surface area (Å²) in [5, 5.41) is 9.74. The van der Waals surface area contributed by atoms with Crippen LogP contribution in [-0.4, -0.2) is 48.3 Å². The van der Waals surface area contributed by atoms with E-state index in [0.717, 1.165) is 17.6 Å². The van der Waals surface area contributed by atoms with Gasteiger partial charge in [-0.3, -0.25) is 0 Å². The molecule has 22 heavy (non-hydrogen) atoms. The van der Waals surface area contributed by atoms with E-state index in [-0.39, 0.29) is 18.5 Å². The van der Waals surface area contributed by atoms with Crippen molar-refractivity contribution < 1.29 is 22.0 Å². The Morgan fingerprint density at radius 1 is 0.864 bits per heavy atom. The first-order valence-corrected chi connectivity index (χ1v) is 9.69. The number of alkyl halides is 1. The molecule has 0 aromatic heterocycles. The van der Waals surface area contributed by atoms with Crippen molar-refractivity contribution in [1.29, 1.82) is 0 Å². The predicted molar refractivity (Wildman–Crippen MR) is 95.0 cm³/mol. The Labute approximate surface area is 150 Å². The summed E-state index contributed by atoms with van der Waals surface area (Å²) in [6.07, 6.45) is 13.4.